The fraction of sp³-hybridized carbons (Fsp3) is 1.00. The van der Waals surface area contributed by atoms with Crippen LogP contribution in [0.2, 0.25) is 0 Å². The predicted molar refractivity (Wildman–Crippen MR) is 150 cm³/mol. The fourth-order valence-electron chi connectivity index (χ4n) is 3.82. The highest BCUT2D eigenvalue weighted by molar-refractivity contribution is 7.81. The van der Waals surface area contributed by atoms with Crippen LogP contribution in [0.25, 0.3) is 0 Å². The Morgan fingerprint density at radius 2 is 0.700 bits per heavy atom. The third-order valence-electron chi connectivity index (χ3n) is 5.90. The van der Waals surface area contributed by atoms with Crippen LogP contribution in [-0.4, -0.2) is 10.5 Å². The van der Waals surface area contributed by atoms with Crippen LogP contribution in [0.1, 0.15) is 169 Å². The summed E-state index contributed by atoms with van der Waals surface area (Å²) in [5, 5.41) is 0. The van der Waals surface area contributed by atoms with E-state index in [0.717, 1.165) is 5.75 Å². The molecule has 0 heterocycles. The van der Waals surface area contributed by atoms with Gasteiger partial charge in [0.15, 0.2) is 0 Å². The number of unbranched alkanes of at least 4 members (excludes halogenated alkanes) is 19. The lowest BCUT2D eigenvalue weighted by Gasteiger charge is -2.16. The maximum absolute atomic E-state index is 4.51. The smallest absolute Gasteiger partial charge is 0.00731 e. The molecule has 0 rings (SSSR count). The molecule has 0 aliphatic heterocycles. The van der Waals surface area contributed by atoms with E-state index in [-0.39, 0.29) is 4.75 Å². The van der Waals surface area contributed by atoms with Crippen molar-refractivity contribution in [1.29, 1.82) is 0 Å². The summed E-state index contributed by atoms with van der Waals surface area (Å²) in [5.41, 5.74) is 0. The molecule has 0 aromatic heterocycles. The summed E-state index contributed by atoms with van der Waals surface area (Å²) >= 11 is 8.75. The van der Waals surface area contributed by atoms with Crippen LogP contribution in [0, 0.1) is 0 Å². The summed E-state index contributed by atoms with van der Waals surface area (Å²) in [4.78, 5) is 0. The van der Waals surface area contributed by atoms with E-state index in [1.54, 1.807) is 0 Å². The van der Waals surface area contributed by atoms with Crippen molar-refractivity contribution in [2.75, 3.05) is 5.75 Å². The van der Waals surface area contributed by atoms with E-state index in [9.17, 15) is 0 Å². The topological polar surface area (TPSA) is 0 Å². The fourth-order valence-corrected chi connectivity index (χ4v) is 4.20. The highest BCUT2D eigenvalue weighted by Crippen LogP contribution is 2.21. The standard InChI is InChI=1S/C16H34S.C12H26S/c1-2-3-4-5-6-7-8-9-10-11-12-13-14-15-16-17;1-4-5-6-7-8-9-10-11-12(2,3)13/h17H,2-16H2,1H3;13H,4-11H2,1-3H3. The van der Waals surface area contributed by atoms with Gasteiger partial charge < -0.3 is 0 Å². The van der Waals surface area contributed by atoms with Gasteiger partial charge in [0.05, 0.1) is 0 Å². The molecule has 184 valence electrons. The van der Waals surface area contributed by atoms with E-state index in [2.05, 4.69) is 53.0 Å². The third-order valence-corrected chi connectivity index (χ3v) is 6.44. The summed E-state index contributed by atoms with van der Waals surface area (Å²) in [7, 11) is 0. The zero-order valence-electron chi connectivity index (χ0n) is 21.7. The van der Waals surface area contributed by atoms with Gasteiger partial charge in [0.1, 0.15) is 0 Å². The van der Waals surface area contributed by atoms with Crippen molar-refractivity contribution in [2.24, 2.45) is 0 Å². The summed E-state index contributed by atoms with van der Waals surface area (Å²) in [6.45, 7) is 8.96. The molecule has 30 heavy (non-hydrogen) atoms. The van der Waals surface area contributed by atoms with Gasteiger partial charge in [0.25, 0.3) is 0 Å². The van der Waals surface area contributed by atoms with Crippen molar-refractivity contribution >= 4 is 25.3 Å². The maximum atomic E-state index is 4.51. The predicted octanol–water partition coefficient (Wildman–Crippen LogP) is 11.2. The molecular weight excluding hydrogens is 400 g/mol. The number of thiol groups is 2. The summed E-state index contributed by atoms with van der Waals surface area (Å²) in [5.74, 6) is 1.07. The Bertz CT molecular complexity index is 269. The molecular formula is C28H60S2. The van der Waals surface area contributed by atoms with E-state index in [0.29, 0.717) is 0 Å². The van der Waals surface area contributed by atoms with Gasteiger partial charge in [-0.3, -0.25) is 0 Å². The largest absolute Gasteiger partial charge is 0.179 e. The van der Waals surface area contributed by atoms with E-state index in [1.165, 1.54) is 141 Å². The molecule has 0 aromatic carbocycles. The minimum atomic E-state index is 0.240. The Balaban J connectivity index is 0. The average molecular weight is 461 g/mol. The Kier molecular flexibility index (Phi) is 30.4. The van der Waals surface area contributed by atoms with Crippen LogP contribution in [-0.2, 0) is 0 Å². The first-order valence-electron chi connectivity index (χ1n) is 13.8. The van der Waals surface area contributed by atoms with Crippen LogP contribution in [0.5, 0.6) is 0 Å². The van der Waals surface area contributed by atoms with E-state index >= 15 is 0 Å². The van der Waals surface area contributed by atoms with Crippen molar-refractivity contribution in [1.82, 2.24) is 0 Å². The zero-order chi connectivity index (χ0) is 22.8. The first kappa shape index (κ1) is 32.9. The van der Waals surface area contributed by atoms with Crippen LogP contribution in [0.15, 0.2) is 0 Å². The molecule has 0 aromatic rings. The zero-order valence-corrected chi connectivity index (χ0v) is 23.4. The van der Waals surface area contributed by atoms with Gasteiger partial charge in [-0.15, -0.1) is 0 Å². The molecule has 0 N–H and O–H groups in total. The lowest BCUT2D eigenvalue weighted by atomic mass is 10.0. The van der Waals surface area contributed by atoms with Gasteiger partial charge in [-0.1, -0.05) is 156 Å². The van der Waals surface area contributed by atoms with Gasteiger partial charge in [0.2, 0.25) is 0 Å². The first-order valence-corrected chi connectivity index (χ1v) is 14.9. The average Bonchev–Trinajstić information content (AvgIpc) is 2.70. The first-order chi connectivity index (χ1) is 14.5. The Morgan fingerprint density at radius 3 is 0.967 bits per heavy atom. The van der Waals surface area contributed by atoms with Crippen LogP contribution < -0.4 is 0 Å². The quantitative estimate of drug-likeness (QED) is 0.116. The molecule has 0 nitrogen and oxygen atoms in total. The Morgan fingerprint density at radius 1 is 0.433 bits per heavy atom. The Hall–Kier alpha value is 0.700. The lowest BCUT2D eigenvalue weighted by Crippen LogP contribution is -2.09. The molecule has 0 spiro atoms. The third kappa shape index (κ3) is 36.1. The van der Waals surface area contributed by atoms with Gasteiger partial charge in [-0.25, -0.2) is 0 Å². The second kappa shape index (κ2) is 27.7. The normalized spacial score (nSPS) is 11.4. The second-order valence-corrected chi connectivity index (χ2v) is 11.7. The van der Waals surface area contributed by atoms with Gasteiger partial charge in [-0.05, 0) is 18.6 Å². The molecule has 0 aliphatic rings. The van der Waals surface area contributed by atoms with Crippen molar-refractivity contribution in [3.63, 3.8) is 0 Å². The molecule has 0 unspecified atom stereocenters. The highest BCUT2D eigenvalue weighted by Gasteiger charge is 2.09. The van der Waals surface area contributed by atoms with Gasteiger partial charge in [0, 0.05) is 4.75 Å². The number of hydrogen-bond donors (Lipinski definition) is 2. The Labute approximate surface area is 204 Å². The molecule has 0 saturated heterocycles. The summed E-state index contributed by atoms with van der Waals surface area (Å²) in [6.07, 6.45) is 31.2. The van der Waals surface area contributed by atoms with Gasteiger partial charge in [-0.2, -0.15) is 25.3 Å². The van der Waals surface area contributed by atoms with Crippen molar-refractivity contribution in [2.45, 2.75) is 174 Å². The summed E-state index contributed by atoms with van der Waals surface area (Å²) < 4.78 is 0.240. The van der Waals surface area contributed by atoms with E-state index in [1.807, 2.05) is 0 Å². The van der Waals surface area contributed by atoms with Crippen LogP contribution >= 0.6 is 25.3 Å². The molecule has 0 atom stereocenters. The van der Waals surface area contributed by atoms with Crippen LogP contribution in [0.3, 0.4) is 0 Å². The highest BCUT2D eigenvalue weighted by atomic mass is 32.1. The SMILES string of the molecule is CCCCCCCCCC(C)(C)S.CCCCCCCCCCCCCCCCS. The summed E-state index contributed by atoms with van der Waals surface area (Å²) in [6, 6.07) is 0. The van der Waals surface area contributed by atoms with Crippen molar-refractivity contribution in [3.8, 4) is 0 Å². The van der Waals surface area contributed by atoms with Crippen molar-refractivity contribution < 1.29 is 0 Å². The van der Waals surface area contributed by atoms with E-state index < -0.39 is 0 Å². The molecule has 0 saturated carbocycles. The maximum Gasteiger partial charge on any atom is 0.00731 e. The minimum absolute atomic E-state index is 0.240. The van der Waals surface area contributed by atoms with Crippen molar-refractivity contribution in [3.05, 3.63) is 0 Å². The molecule has 0 fully saturated rings. The molecule has 0 bridgehead atoms. The van der Waals surface area contributed by atoms with Gasteiger partial charge >= 0.3 is 0 Å². The molecule has 0 amide bonds. The molecule has 0 aliphatic carbocycles. The number of hydrogen-bond acceptors (Lipinski definition) is 2. The lowest BCUT2D eigenvalue weighted by molar-refractivity contribution is 0.538. The molecule has 0 radical (unpaired) electrons. The van der Waals surface area contributed by atoms with E-state index in [4.69, 9.17) is 0 Å². The van der Waals surface area contributed by atoms with Crippen LogP contribution in [0.4, 0.5) is 0 Å². The molecule has 2 heteroatoms. The monoisotopic (exact) mass is 460 g/mol. The second-order valence-electron chi connectivity index (χ2n) is 10.0. The minimum Gasteiger partial charge on any atom is -0.179 e. The number of rotatable bonds is 22.